The van der Waals surface area contributed by atoms with Crippen LogP contribution in [-0.4, -0.2) is 18.4 Å². The molecular formula is C10H16O3. The lowest BCUT2D eigenvalue weighted by Crippen LogP contribution is -2.19. The van der Waals surface area contributed by atoms with Gasteiger partial charge in [-0.1, -0.05) is 25.7 Å². The predicted octanol–water partition coefficient (Wildman–Crippen LogP) is 1.70. The molecule has 0 aromatic rings. The quantitative estimate of drug-likeness (QED) is 0.493. The third-order valence-electron chi connectivity index (χ3n) is 2.45. The second-order valence-corrected chi connectivity index (χ2v) is 3.50. The number of rotatable bonds is 4. The highest BCUT2D eigenvalue weighted by molar-refractivity contribution is 6.33. The molecule has 0 spiro atoms. The van der Waals surface area contributed by atoms with Gasteiger partial charge in [0.15, 0.2) is 0 Å². The number of Topliss-reactive ketones (excluding diaryl/α,β-unsaturated/α-hetero) is 1. The van der Waals surface area contributed by atoms with Gasteiger partial charge in [0.2, 0.25) is 5.78 Å². The Balaban J connectivity index is 2.27. The van der Waals surface area contributed by atoms with E-state index in [-0.39, 0.29) is 12.4 Å². The molecule has 0 amide bonds. The van der Waals surface area contributed by atoms with Gasteiger partial charge in [-0.15, -0.1) is 0 Å². The van der Waals surface area contributed by atoms with Crippen molar-refractivity contribution in [2.45, 2.75) is 39.0 Å². The van der Waals surface area contributed by atoms with Crippen LogP contribution in [0.15, 0.2) is 0 Å². The molecule has 0 atom stereocenters. The fraction of sp³-hybridized carbons (Fsp3) is 0.800. The first-order valence-corrected chi connectivity index (χ1v) is 4.94. The molecule has 0 N–H and O–H groups in total. The number of hydrogen-bond donors (Lipinski definition) is 0. The molecule has 0 heterocycles. The van der Waals surface area contributed by atoms with Crippen LogP contribution in [0.1, 0.15) is 39.0 Å². The Morgan fingerprint density at radius 3 is 2.46 bits per heavy atom. The lowest BCUT2D eigenvalue weighted by Gasteiger charge is -2.06. The van der Waals surface area contributed by atoms with E-state index >= 15 is 0 Å². The van der Waals surface area contributed by atoms with Gasteiger partial charge in [-0.25, -0.2) is 4.79 Å². The van der Waals surface area contributed by atoms with E-state index in [1.807, 2.05) is 0 Å². The van der Waals surface area contributed by atoms with E-state index in [0.717, 1.165) is 12.8 Å². The normalized spacial score (nSPS) is 17.3. The molecule has 1 aliphatic rings. The molecule has 1 fully saturated rings. The van der Waals surface area contributed by atoms with E-state index in [1.165, 1.54) is 12.8 Å². The molecule has 0 unspecified atom stereocenters. The van der Waals surface area contributed by atoms with Crippen molar-refractivity contribution in [3.63, 3.8) is 0 Å². The summed E-state index contributed by atoms with van der Waals surface area (Å²) in [6, 6.07) is 0. The lowest BCUT2D eigenvalue weighted by molar-refractivity contribution is -0.153. The van der Waals surface area contributed by atoms with E-state index in [9.17, 15) is 9.59 Å². The minimum atomic E-state index is -0.658. The molecule has 1 saturated carbocycles. The van der Waals surface area contributed by atoms with Gasteiger partial charge in [0.05, 0.1) is 6.61 Å². The van der Waals surface area contributed by atoms with Crippen LogP contribution in [0.3, 0.4) is 0 Å². The molecule has 3 heteroatoms. The van der Waals surface area contributed by atoms with Gasteiger partial charge in [-0.2, -0.15) is 0 Å². The smallest absolute Gasteiger partial charge is 0.374 e. The van der Waals surface area contributed by atoms with Gasteiger partial charge >= 0.3 is 5.97 Å². The predicted molar refractivity (Wildman–Crippen MR) is 48.2 cm³/mol. The lowest BCUT2D eigenvalue weighted by atomic mass is 10.0. The van der Waals surface area contributed by atoms with Gasteiger partial charge in [0.25, 0.3) is 0 Å². The second-order valence-electron chi connectivity index (χ2n) is 3.50. The van der Waals surface area contributed by atoms with Gasteiger partial charge in [0.1, 0.15) is 0 Å². The highest BCUT2D eigenvalue weighted by atomic mass is 16.5. The zero-order valence-corrected chi connectivity index (χ0v) is 8.04. The van der Waals surface area contributed by atoms with Crippen LogP contribution in [-0.2, 0) is 14.3 Å². The fourth-order valence-electron chi connectivity index (χ4n) is 1.77. The Morgan fingerprint density at radius 2 is 1.92 bits per heavy atom. The van der Waals surface area contributed by atoms with Gasteiger partial charge in [0, 0.05) is 6.42 Å². The Labute approximate surface area is 78.5 Å². The average Bonchev–Trinajstić information content (AvgIpc) is 2.57. The summed E-state index contributed by atoms with van der Waals surface area (Å²) < 4.78 is 4.63. The van der Waals surface area contributed by atoms with Crippen molar-refractivity contribution >= 4 is 11.8 Å². The summed E-state index contributed by atoms with van der Waals surface area (Å²) in [5, 5.41) is 0. The fourth-order valence-corrected chi connectivity index (χ4v) is 1.77. The minimum absolute atomic E-state index is 0.287. The summed E-state index contributed by atoms with van der Waals surface area (Å²) in [5.74, 6) is -0.583. The molecule has 0 radical (unpaired) electrons. The maximum Gasteiger partial charge on any atom is 0.374 e. The van der Waals surface area contributed by atoms with Crippen molar-refractivity contribution in [1.29, 1.82) is 0 Å². The summed E-state index contributed by atoms with van der Waals surface area (Å²) in [5.41, 5.74) is 0. The largest absolute Gasteiger partial charge is 0.460 e. The van der Waals surface area contributed by atoms with Crippen molar-refractivity contribution in [1.82, 2.24) is 0 Å². The Kier molecular flexibility index (Phi) is 3.93. The van der Waals surface area contributed by atoms with Crippen molar-refractivity contribution in [2.75, 3.05) is 6.61 Å². The average molecular weight is 184 g/mol. The van der Waals surface area contributed by atoms with Crippen LogP contribution in [0.5, 0.6) is 0 Å². The molecule has 0 bridgehead atoms. The van der Waals surface area contributed by atoms with Crippen LogP contribution >= 0.6 is 0 Å². The second kappa shape index (κ2) is 5.00. The van der Waals surface area contributed by atoms with Crippen molar-refractivity contribution in [3.8, 4) is 0 Å². The zero-order chi connectivity index (χ0) is 9.68. The van der Waals surface area contributed by atoms with Crippen LogP contribution in [0.25, 0.3) is 0 Å². The van der Waals surface area contributed by atoms with Gasteiger partial charge < -0.3 is 4.74 Å². The summed E-state index contributed by atoms with van der Waals surface area (Å²) in [6.45, 7) is 2.00. The number of esters is 1. The molecule has 3 nitrogen and oxygen atoms in total. The molecule has 0 aromatic heterocycles. The van der Waals surface area contributed by atoms with Crippen LogP contribution in [0.2, 0.25) is 0 Å². The SMILES string of the molecule is CCOC(=O)C(=O)CC1CCCC1. The van der Waals surface area contributed by atoms with E-state index in [1.54, 1.807) is 6.92 Å². The third-order valence-corrected chi connectivity index (χ3v) is 2.45. The summed E-state index contributed by atoms with van der Waals surface area (Å²) >= 11 is 0. The molecule has 1 rings (SSSR count). The minimum Gasteiger partial charge on any atom is -0.460 e. The van der Waals surface area contributed by atoms with E-state index < -0.39 is 5.97 Å². The molecule has 74 valence electrons. The summed E-state index contributed by atoms with van der Waals surface area (Å²) in [6.07, 6.45) is 4.96. The van der Waals surface area contributed by atoms with Crippen molar-refractivity contribution in [2.24, 2.45) is 5.92 Å². The monoisotopic (exact) mass is 184 g/mol. The topological polar surface area (TPSA) is 43.4 Å². The zero-order valence-electron chi connectivity index (χ0n) is 8.04. The first-order chi connectivity index (χ1) is 6.24. The van der Waals surface area contributed by atoms with Crippen molar-refractivity contribution < 1.29 is 14.3 Å². The summed E-state index contributed by atoms with van der Waals surface area (Å²) in [7, 11) is 0. The molecule has 0 aromatic carbocycles. The van der Waals surface area contributed by atoms with E-state index in [2.05, 4.69) is 4.74 Å². The highest BCUT2D eigenvalue weighted by Crippen LogP contribution is 2.27. The third kappa shape index (κ3) is 3.17. The number of hydrogen-bond acceptors (Lipinski definition) is 3. The van der Waals surface area contributed by atoms with Gasteiger partial charge in [-0.05, 0) is 12.8 Å². The van der Waals surface area contributed by atoms with E-state index in [0.29, 0.717) is 12.3 Å². The number of carbonyl (C=O) groups is 2. The standard InChI is InChI=1S/C10H16O3/c1-2-13-10(12)9(11)7-8-5-3-4-6-8/h8H,2-7H2,1H3. The Hall–Kier alpha value is -0.860. The van der Waals surface area contributed by atoms with Crippen LogP contribution in [0.4, 0.5) is 0 Å². The number of ether oxygens (including phenoxy) is 1. The first kappa shape index (κ1) is 10.2. The molecule has 13 heavy (non-hydrogen) atoms. The maximum atomic E-state index is 11.2. The molecule has 0 aliphatic heterocycles. The van der Waals surface area contributed by atoms with Gasteiger partial charge in [-0.3, -0.25) is 4.79 Å². The number of carbonyl (C=O) groups excluding carboxylic acids is 2. The van der Waals surface area contributed by atoms with Crippen LogP contribution in [0, 0.1) is 5.92 Å². The first-order valence-electron chi connectivity index (χ1n) is 4.94. The maximum absolute atomic E-state index is 11.2. The highest BCUT2D eigenvalue weighted by Gasteiger charge is 2.23. The van der Waals surface area contributed by atoms with Crippen molar-refractivity contribution in [3.05, 3.63) is 0 Å². The van der Waals surface area contributed by atoms with E-state index in [4.69, 9.17) is 0 Å². The number of ketones is 1. The summed E-state index contributed by atoms with van der Waals surface area (Å²) in [4.78, 5) is 22.2. The molecule has 0 saturated heterocycles. The molecular weight excluding hydrogens is 168 g/mol. The Morgan fingerprint density at radius 1 is 1.31 bits per heavy atom. The van der Waals surface area contributed by atoms with Crippen LogP contribution < -0.4 is 0 Å². The molecule has 1 aliphatic carbocycles. The Bertz CT molecular complexity index is 192.